The second-order valence-corrected chi connectivity index (χ2v) is 5.39. The SMILES string of the molecule is CNC(CCC(C)C)c1cc(Br)ccc1F. The molecule has 1 nitrogen and oxygen atoms in total. The van der Waals surface area contributed by atoms with Crippen molar-refractivity contribution in [3.8, 4) is 0 Å². The van der Waals surface area contributed by atoms with Crippen LogP contribution in [-0.4, -0.2) is 7.05 Å². The Morgan fingerprint density at radius 3 is 2.56 bits per heavy atom. The lowest BCUT2D eigenvalue weighted by molar-refractivity contribution is 0.449. The monoisotopic (exact) mass is 287 g/mol. The first kappa shape index (κ1) is 13.7. The van der Waals surface area contributed by atoms with E-state index in [1.165, 1.54) is 6.07 Å². The van der Waals surface area contributed by atoms with E-state index in [-0.39, 0.29) is 11.9 Å². The van der Waals surface area contributed by atoms with Crippen LogP contribution in [0.5, 0.6) is 0 Å². The van der Waals surface area contributed by atoms with Crippen LogP contribution in [0, 0.1) is 11.7 Å². The molecule has 0 bridgehead atoms. The Hall–Kier alpha value is -0.410. The van der Waals surface area contributed by atoms with Gasteiger partial charge in [0.25, 0.3) is 0 Å². The van der Waals surface area contributed by atoms with Gasteiger partial charge in [0.05, 0.1) is 0 Å². The average molecular weight is 288 g/mol. The van der Waals surface area contributed by atoms with E-state index in [0.717, 1.165) is 22.9 Å². The summed E-state index contributed by atoms with van der Waals surface area (Å²) < 4.78 is 14.6. The molecule has 1 atom stereocenters. The van der Waals surface area contributed by atoms with E-state index in [1.54, 1.807) is 6.07 Å². The van der Waals surface area contributed by atoms with Gasteiger partial charge in [0.2, 0.25) is 0 Å². The molecular weight excluding hydrogens is 269 g/mol. The molecule has 0 saturated carbocycles. The Bertz CT molecular complexity index is 339. The van der Waals surface area contributed by atoms with Gasteiger partial charge in [0.1, 0.15) is 5.82 Å². The molecule has 0 saturated heterocycles. The average Bonchev–Trinajstić information content (AvgIpc) is 2.23. The van der Waals surface area contributed by atoms with Crippen LogP contribution in [0.3, 0.4) is 0 Å². The van der Waals surface area contributed by atoms with Gasteiger partial charge in [-0.2, -0.15) is 0 Å². The van der Waals surface area contributed by atoms with E-state index in [1.807, 2.05) is 13.1 Å². The Morgan fingerprint density at radius 1 is 1.31 bits per heavy atom. The standard InChI is InChI=1S/C13H19BrFN/c1-9(2)4-7-13(16-3)11-8-10(14)5-6-12(11)15/h5-6,8-9,13,16H,4,7H2,1-3H3. The summed E-state index contributed by atoms with van der Waals surface area (Å²) in [6, 6.07) is 5.20. The third-order valence-corrected chi connectivity index (χ3v) is 3.21. The molecular formula is C13H19BrFN. The highest BCUT2D eigenvalue weighted by Gasteiger charge is 2.14. The third-order valence-electron chi connectivity index (χ3n) is 2.71. The summed E-state index contributed by atoms with van der Waals surface area (Å²) in [7, 11) is 1.88. The summed E-state index contributed by atoms with van der Waals surface area (Å²) in [6.45, 7) is 4.37. The molecule has 1 aromatic carbocycles. The molecule has 3 heteroatoms. The molecule has 1 N–H and O–H groups in total. The number of benzene rings is 1. The molecule has 0 aliphatic rings. The Balaban J connectivity index is 2.81. The van der Waals surface area contributed by atoms with E-state index in [0.29, 0.717) is 5.92 Å². The van der Waals surface area contributed by atoms with Gasteiger partial charge in [-0.3, -0.25) is 0 Å². The van der Waals surface area contributed by atoms with Crippen LogP contribution >= 0.6 is 15.9 Å². The molecule has 0 fully saturated rings. The fourth-order valence-corrected chi connectivity index (χ4v) is 2.12. The lowest BCUT2D eigenvalue weighted by Crippen LogP contribution is -2.18. The van der Waals surface area contributed by atoms with Crippen molar-refractivity contribution in [2.45, 2.75) is 32.7 Å². The van der Waals surface area contributed by atoms with Crippen LogP contribution < -0.4 is 5.32 Å². The zero-order valence-electron chi connectivity index (χ0n) is 10.1. The van der Waals surface area contributed by atoms with Crippen molar-refractivity contribution in [2.24, 2.45) is 5.92 Å². The lowest BCUT2D eigenvalue weighted by atomic mass is 9.97. The Morgan fingerprint density at radius 2 is 2.00 bits per heavy atom. The highest BCUT2D eigenvalue weighted by molar-refractivity contribution is 9.10. The first-order valence-electron chi connectivity index (χ1n) is 5.66. The van der Waals surface area contributed by atoms with Crippen LogP contribution in [0.1, 0.15) is 38.3 Å². The second kappa shape index (κ2) is 6.36. The topological polar surface area (TPSA) is 12.0 Å². The lowest BCUT2D eigenvalue weighted by Gasteiger charge is -2.18. The van der Waals surface area contributed by atoms with Gasteiger partial charge in [0, 0.05) is 16.1 Å². The number of rotatable bonds is 5. The predicted molar refractivity (Wildman–Crippen MR) is 70.0 cm³/mol. The minimum absolute atomic E-state index is 0.0971. The zero-order valence-corrected chi connectivity index (χ0v) is 11.6. The minimum Gasteiger partial charge on any atom is -0.313 e. The summed E-state index contributed by atoms with van der Waals surface area (Å²) in [6.07, 6.45) is 2.05. The van der Waals surface area contributed by atoms with Crippen molar-refractivity contribution in [3.63, 3.8) is 0 Å². The van der Waals surface area contributed by atoms with E-state index < -0.39 is 0 Å². The largest absolute Gasteiger partial charge is 0.313 e. The molecule has 0 spiro atoms. The van der Waals surface area contributed by atoms with Crippen molar-refractivity contribution < 1.29 is 4.39 Å². The Labute approximate surface area is 106 Å². The molecule has 0 amide bonds. The van der Waals surface area contributed by atoms with Gasteiger partial charge in [-0.15, -0.1) is 0 Å². The smallest absolute Gasteiger partial charge is 0.128 e. The number of halogens is 2. The van der Waals surface area contributed by atoms with E-state index in [4.69, 9.17) is 0 Å². The molecule has 0 aliphatic heterocycles. The van der Waals surface area contributed by atoms with Crippen molar-refractivity contribution in [1.82, 2.24) is 5.32 Å². The maximum atomic E-state index is 13.7. The quantitative estimate of drug-likeness (QED) is 0.852. The number of hydrogen-bond acceptors (Lipinski definition) is 1. The predicted octanol–water partition coefficient (Wildman–Crippen LogP) is 4.28. The third kappa shape index (κ3) is 3.87. The van der Waals surface area contributed by atoms with E-state index in [9.17, 15) is 4.39 Å². The number of hydrogen-bond donors (Lipinski definition) is 1. The van der Waals surface area contributed by atoms with Gasteiger partial charge in [-0.25, -0.2) is 4.39 Å². The fraction of sp³-hybridized carbons (Fsp3) is 0.538. The van der Waals surface area contributed by atoms with Gasteiger partial charge in [-0.05, 0) is 44.0 Å². The normalized spacial score (nSPS) is 13.1. The molecule has 16 heavy (non-hydrogen) atoms. The Kier molecular flexibility index (Phi) is 5.42. The molecule has 1 aromatic rings. The summed E-state index contributed by atoms with van der Waals surface area (Å²) in [4.78, 5) is 0. The number of nitrogens with one attached hydrogen (secondary N) is 1. The first-order chi connectivity index (χ1) is 7.54. The van der Waals surface area contributed by atoms with Crippen LogP contribution in [0.15, 0.2) is 22.7 Å². The molecule has 0 radical (unpaired) electrons. The molecule has 0 aromatic heterocycles. The molecule has 0 heterocycles. The maximum Gasteiger partial charge on any atom is 0.128 e. The molecule has 90 valence electrons. The first-order valence-corrected chi connectivity index (χ1v) is 6.46. The van der Waals surface area contributed by atoms with Crippen LogP contribution in [-0.2, 0) is 0 Å². The highest BCUT2D eigenvalue weighted by atomic mass is 79.9. The van der Waals surface area contributed by atoms with Crippen LogP contribution in [0.4, 0.5) is 4.39 Å². The van der Waals surface area contributed by atoms with Crippen molar-refractivity contribution in [1.29, 1.82) is 0 Å². The van der Waals surface area contributed by atoms with Gasteiger partial charge in [-0.1, -0.05) is 29.8 Å². The molecule has 1 rings (SSSR count). The minimum atomic E-state index is -0.133. The van der Waals surface area contributed by atoms with Crippen molar-refractivity contribution in [2.75, 3.05) is 7.05 Å². The van der Waals surface area contributed by atoms with Crippen LogP contribution in [0.25, 0.3) is 0 Å². The highest BCUT2D eigenvalue weighted by Crippen LogP contribution is 2.25. The van der Waals surface area contributed by atoms with Gasteiger partial charge in [0.15, 0.2) is 0 Å². The summed E-state index contributed by atoms with van der Waals surface area (Å²) >= 11 is 3.38. The summed E-state index contributed by atoms with van der Waals surface area (Å²) in [5.74, 6) is 0.511. The van der Waals surface area contributed by atoms with Gasteiger partial charge >= 0.3 is 0 Å². The molecule has 1 unspecified atom stereocenters. The van der Waals surface area contributed by atoms with Crippen LogP contribution in [0.2, 0.25) is 0 Å². The maximum absolute atomic E-state index is 13.7. The molecule has 0 aliphatic carbocycles. The zero-order chi connectivity index (χ0) is 12.1. The fourth-order valence-electron chi connectivity index (χ4n) is 1.74. The van der Waals surface area contributed by atoms with E-state index >= 15 is 0 Å². The second-order valence-electron chi connectivity index (χ2n) is 4.48. The van der Waals surface area contributed by atoms with Crippen molar-refractivity contribution in [3.05, 3.63) is 34.1 Å². The summed E-state index contributed by atoms with van der Waals surface area (Å²) in [5.41, 5.74) is 0.748. The summed E-state index contributed by atoms with van der Waals surface area (Å²) in [5, 5.41) is 3.18. The van der Waals surface area contributed by atoms with Gasteiger partial charge < -0.3 is 5.32 Å². The van der Waals surface area contributed by atoms with E-state index in [2.05, 4.69) is 35.1 Å². The van der Waals surface area contributed by atoms with Crippen molar-refractivity contribution >= 4 is 15.9 Å².